The number of ether oxygens (including phenoxy) is 1. The van der Waals surface area contributed by atoms with Gasteiger partial charge in [0.2, 0.25) is 5.76 Å². The first kappa shape index (κ1) is 15.8. The molecule has 1 aliphatic rings. The predicted octanol–water partition coefficient (Wildman–Crippen LogP) is 3.39. The molecule has 1 aromatic heterocycles. The van der Waals surface area contributed by atoms with Gasteiger partial charge in [-0.15, -0.1) is 0 Å². The minimum absolute atomic E-state index is 0.0242. The van der Waals surface area contributed by atoms with E-state index >= 15 is 0 Å². The van der Waals surface area contributed by atoms with Gasteiger partial charge >= 0.3 is 5.97 Å². The van der Waals surface area contributed by atoms with Gasteiger partial charge in [0, 0.05) is 0 Å². The summed E-state index contributed by atoms with van der Waals surface area (Å²) in [4.78, 5) is 23.8. The van der Waals surface area contributed by atoms with E-state index in [0.29, 0.717) is 4.67 Å². The van der Waals surface area contributed by atoms with Crippen molar-refractivity contribution >= 4 is 27.8 Å². The highest BCUT2D eigenvalue weighted by atomic mass is 79.9. The number of benzene rings is 1. The van der Waals surface area contributed by atoms with E-state index in [2.05, 4.69) is 27.3 Å². The van der Waals surface area contributed by atoms with Crippen molar-refractivity contribution in [2.45, 2.75) is 25.3 Å². The molecule has 1 heterocycles. The van der Waals surface area contributed by atoms with Gasteiger partial charge in [0.05, 0.1) is 6.04 Å². The Morgan fingerprint density at radius 2 is 2.09 bits per heavy atom. The van der Waals surface area contributed by atoms with E-state index in [4.69, 9.17) is 9.15 Å². The summed E-state index contributed by atoms with van der Waals surface area (Å²) in [6.45, 7) is -0.324. The molecule has 5 nitrogen and oxygen atoms in total. The van der Waals surface area contributed by atoms with Gasteiger partial charge in [-0.25, -0.2) is 4.79 Å². The van der Waals surface area contributed by atoms with Crippen LogP contribution < -0.4 is 5.32 Å². The quantitative estimate of drug-likeness (QED) is 0.829. The van der Waals surface area contributed by atoms with Crippen LogP contribution >= 0.6 is 15.9 Å². The Morgan fingerprint density at radius 1 is 1.26 bits per heavy atom. The monoisotopic (exact) mass is 377 g/mol. The molecule has 2 aromatic rings. The summed E-state index contributed by atoms with van der Waals surface area (Å²) in [6, 6.07) is 11.2. The normalized spacial score (nSPS) is 16.5. The van der Waals surface area contributed by atoms with Gasteiger partial charge in [0.1, 0.15) is 0 Å². The molecular weight excluding hydrogens is 362 g/mol. The number of carbonyl (C=O) groups excluding carboxylic acids is 2. The first-order chi connectivity index (χ1) is 11.1. The molecule has 0 radical (unpaired) electrons. The molecule has 1 atom stereocenters. The standard InChI is InChI=1S/C17H16BrNO4/c18-15-9-8-14(23-15)17(21)22-10-16(20)19-13-7-3-5-11-4-1-2-6-12(11)13/h1-2,4,6,8-9,13H,3,5,7,10H2,(H,19,20)/t13-/m0/s1. The van der Waals surface area contributed by atoms with Crippen LogP contribution in [0.4, 0.5) is 0 Å². The molecule has 0 fully saturated rings. The second kappa shape index (κ2) is 7.00. The van der Waals surface area contributed by atoms with Crippen LogP contribution in [0.2, 0.25) is 0 Å². The number of rotatable bonds is 4. The second-order valence-corrected chi connectivity index (χ2v) is 6.17. The third-order valence-corrected chi connectivity index (χ3v) is 4.24. The molecule has 3 rings (SSSR count). The highest BCUT2D eigenvalue weighted by Gasteiger charge is 2.22. The molecule has 1 N–H and O–H groups in total. The Balaban J connectivity index is 1.55. The first-order valence-electron chi connectivity index (χ1n) is 7.43. The van der Waals surface area contributed by atoms with Crippen LogP contribution in [0.25, 0.3) is 0 Å². The molecule has 0 saturated heterocycles. The van der Waals surface area contributed by atoms with E-state index in [1.807, 2.05) is 18.2 Å². The summed E-state index contributed by atoms with van der Waals surface area (Å²) < 4.78 is 10.5. The number of amides is 1. The molecule has 0 bridgehead atoms. The number of nitrogens with one attached hydrogen (secondary N) is 1. The van der Waals surface area contributed by atoms with Crippen molar-refractivity contribution in [3.63, 3.8) is 0 Å². The van der Waals surface area contributed by atoms with Gasteiger partial charge in [-0.3, -0.25) is 4.79 Å². The van der Waals surface area contributed by atoms with Gasteiger partial charge in [0.15, 0.2) is 11.3 Å². The SMILES string of the molecule is O=C(COC(=O)c1ccc(Br)o1)N[C@H]1CCCc2ccccc21. The summed E-state index contributed by atoms with van der Waals surface area (Å²) >= 11 is 3.11. The Morgan fingerprint density at radius 3 is 2.87 bits per heavy atom. The minimum atomic E-state index is -0.658. The van der Waals surface area contributed by atoms with E-state index < -0.39 is 5.97 Å². The lowest BCUT2D eigenvalue weighted by atomic mass is 9.88. The zero-order valence-electron chi connectivity index (χ0n) is 12.4. The number of hydrogen-bond donors (Lipinski definition) is 1. The van der Waals surface area contributed by atoms with E-state index in [9.17, 15) is 9.59 Å². The largest absolute Gasteiger partial charge is 0.450 e. The number of fused-ring (bicyclic) bond motifs is 1. The van der Waals surface area contributed by atoms with Crippen molar-refractivity contribution in [3.8, 4) is 0 Å². The fraction of sp³-hybridized carbons (Fsp3) is 0.294. The second-order valence-electron chi connectivity index (χ2n) is 5.39. The van der Waals surface area contributed by atoms with E-state index in [0.717, 1.165) is 24.8 Å². The Hall–Kier alpha value is -2.08. The van der Waals surface area contributed by atoms with Crippen molar-refractivity contribution in [1.29, 1.82) is 0 Å². The molecule has 0 aliphatic heterocycles. The fourth-order valence-electron chi connectivity index (χ4n) is 2.77. The molecule has 1 aliphatic carbocycles. The average molecular weight is 378 g/mol. The van der Waals surface area contributed by atoms with Crippen LogP contribution in [-0.2, 0) is 16.0 Å². The fourth-order valence-corrected chi connectivity index (χ4v) is 3.07. The maximum absolute atomic E-state index is 12.0. The van der Waals surface area contributed by atoms with Crippen molar-refractivity contribution in [2.75, 3.05) is 6.61 Å². The number of esters is 1. The highest BCUT2D eigenvalue weighted by molar-refractivity contribution is 9.10. The van der Waals surface area contributed by atoms with Crippen molar-refractivity contribution < 1.29 is 18.7 Å². The number of halogens is 1. The topological polar surface area (TPSA) is 68.5 Å². The van der Waals surface area contributed by atoms with Crippen molar-refractivity contribution in [3.05, 3.63) is 58.0 Å². The molecule has 120 valence electrons. The van der Waals surface area contributed by atoms with Crippen LogP contribution in [0.5, 0.6) is 0 Å². The zero-order valence-corrected chi connectivity index (χ0v) is 14.0. The molecule has 23 heavy (non-hydrogen) atoms. The Bertz CT molecular complexity index is 725. The maximum atomic E-state index is 12.0. The first-order valence-corrected chi connectivity index (χ1v) is 8.22. The number of hydrogen-bond acceptors (Lipinski definition) is 4. The van der Waals surface area contributed by atoms with E-state index in [-0.39, 0.29) is 24.3 Å². The summed E-state index contributed by atoms with van der Waals surface area (Å²) in [5, 5.41) is 2.93. The Labute approximate surface area is 142 Å². The molecule has 0 unspecified atom stereocenters. The molecule has 1 aromatic carbocycles. The highest BCUT2D eigenvalue weighted by Crippen LogP contribution is 2.29. The Kier molecular flexibility index (Phi) is 4.81. The number of carbonyl (C=O) groups is 2. The smallest absolute Gasteiger partial charge is 0.374 e. The van der Waals surface area contributed by atoms with E-state index in [1.165, 1.54) is 11.6 Å². The van der Waals surface area contributed by atoms with Crippen LogP contribution in [0.15, 0.2) is 45.5 Å². The lowest BCUT2D eigenvalue weighted by molar-refractivity contribution is -0.125. The number of furan rings is 1. The summed E-state index contributed by atoms with van der Waals surface area (Å²) in [6.07, 6.45) is 2.95. The lowest BCUT2D eigenvalue weighted by Gasteiger charge is -2.26. The van der Waals surface area contributed by atoms with E-state index in [1.54, 1.807) is 6.07 Å². The third kappa shape index (κ3) is 3.82. The molecule has 1 amide bonds. The van der Waals surface area contributed by atoms with Gasteiger partial charge in [-0.2, -0.15) is 0 Å². The number of aryl methyl sites for hydroxylation is 1. The van der Waals surface area contributed by atoms with Gasteiger partial charge < -0.3 is 14.5 Å². The van der Waals surface area contributed by atoms with Crippen LogP contribution in [0.1, 0.15) is 40.6 Å². The van der Waals surface area contributed by atoms with Crippen molar-refractivity contribution in [2.24, 2.45) is 0 Å². The maximum Gasteiger partial charge on any atom is 0.374 e. The van der Waals surface area contributed by atoms with Crippen LogP contribution in [0.3, 0.4) is 0 Å². The van der Waals surface area contributed by atoms with Gasteiger partial charge in [-0.05, 0) is 58.5 Å². The zero-order chi connectivity index (χ0) is 16.2. The molecule has 0 spiro atoms. The van der Waals surface area contributed by atoms with Gasteiger partial charge in [0.25, 0.3) is 5.91 Å². The molecule has 6 heteroatoms. The molecular formula is C17H16BrNO4. The molecule has 0 saturated carbocycles. The predicted molar refractivity (Wildman–Crippen MR) is 87.0 cm³/mol. The third-order valence-electron chi connectivity index (χ3n) is 3.81. The van der Waals surface area contributed by atoms with Crippen molar-refractivity contribution in [1.82, 2.24) is 5.32 Å². The van der Waals surface area contributed by atoms with Crippen LogP contribution in [0, 0.1) is 0 Å². The van der Waals surface area contributed by atoms with Crippen LogP contribution in [-0.4, -0.2) is 18.5 Å². The summed E-state index contributed by atoms with van der Waals surface area (Å²) in [7, 11) is 0. The summed E-state index contributed by atoms with van der Waals surface area (Å²) in [5.41, 5.74) is 2.41. The average Bonchev–Trinajstić information content (AvgIpc) is 2.99. The minimum Gasteiger partial charge on any atom is -0.450 e. The van der Waals surface area contributed by atoms with Gasteiger partial charge in [-0.1, -0.05) is 24.3 Å². The summed E-state index contributed by atoms with van der Waals surface area (Å²) in [5.74, 6) is -0.909. The lowest BCUT2D eigenvalue weighted by Crippen LogP contribution is -2.34.